The summed E-state index contributed by atoms with van der Waals surface area (Å²) in [6.07, 6.45) is 11.3. The standard InChI is InChI=1S/C35H23BrN4/c1-3-8-22(29-17-23(36)14-13-21(29)2)19-37-24-15-16-28-30(18-24)25-9-4-5-11-27(25)33-34(28)40-35(39-33)31-20-38-32-12-7-6-10-26(31)32/h1,4-20,38H,2H3,(H,39,40)/b22-8-,37-19-. The van der Waals surface area contributed by atoms with E-state index in [9.17, 15) is 0 Å². The minimum absolute atomic E-state index is 0.847. The number of nitrogens with one attached hydrogen (secondary N) is 2. The molecule has 190 valence electrons. The Morgan fingerprint density at radius 3 is 2.55 bits per heavy atom. The number of terminal acetylenes is 1. The van der Waals surface area contributed by atoms with Gasteiger partial charge in [0.05, 0.1) is 16.7 Å². The highest BCUT2D eigenvalue weighted by molar-refractivity contribution is 9.10. The van der Waals surface area contributed by atoms with Crippen molar-refractivity contribution in [3.63, 3.8) is 0 Å². The summed E-state index contributed by atoms with van der Waals surface area (Å²) in [7, 11) is 0. The maximum Gasteiger partial charge on any atom is 0.140 e. The fourth-order valence-electron chi connectivity index (χ4n) is 5.46. The van der Waals surface area contributed by atoms with Gasteiger partial charge in [-0.1, -0.05) is 70.4 Å². The van der Waals surface area contributed by atoms with E-state index in [-0.39, 0.29) is 0 Å². The Labute approximate surface area is 239 Å². The molecule has 4 nitrogen and oxygen atoms in total. The van der Waals surface area contributed by atoms with Gasteiger partial charge in [0.25, 0.3) is 0 Å². The Morgan fingerprint density at radius 2 is 1.70 bits per heavy atom. The highest BCUT2D eigenvalue weighted by Gasteiger charge is 2.16. The number of allylic oxidation sites excluding steroid dienone is 2. The minimum Gasteiger partial charge on any atom is -0.360 e. The quantitative estimate of drug-likeness (QED) is 0.122. The number of aromatic amines is 2. The molecule has 7 rings (SSSR count). The summed E-state index contributed by atoms with van der Waals surface area (Å²) in [5.41, 5.74) is 8.04. The van der Waals surface area contributed by atoms with Gasteiger partial charge in [0.1, 0.15) is 5.82 Å². The van der Waals surface area contributed by atoms with Gasteiger partial charge in [-0.25, -0.2) is 4.98 Å². The molecule has 2 aromatic heterocycles. The van der Waals surface area contributed by atoms with Crippen LogP contribution in [0.15, 0.2) is 107 Å². The van der Waals surface area contributed by atoms with Crippen LogP contribution in [0.5, 0.6) is 0 Å². The number of aryl methyl sites for hydroxylation is 1. The second-order valence-electron chi connectivity index (χ2n) is 9.82. The average molecular weight is 580 g/mol. The van der Waals surface area contributed by atoms with Crippen LogP contribution in [0.25, 0.3) is 60.4 Å². The molecule has 0 saturated carbocycles. The lowest BCUT2D eigenvalue weighted by Crippen LogP contribution is -1.90. The van der Waals surface area contributed by atoms with Crippen LogP contribution in [0, 0.1) is 19.3 Å². The molecule has 0 spiro atoms. The van der Waals surface area contributed by atoms with Gasteiger partial charge in [-0.05, 0) is 71.3 Å². The Balaban J connectivity index is 1.39. The molecule has 0 aliphatic rings. The van der Waals surface area contributed by atoms with Crippen LogP contribution in [-0.4, -0.2) is 21.2 Å². The van der Waals surface area contributed by atoms with Gasteiger partial charge in [-0.15, -0.1) is 6.42 Å². The minimum atomic E-state index is 0.847. The van der Waals surface area contributed by atoms with Crippen LogP contribution in [0.3, 0.4) is 0 Å². The second-order valence-corrected chi connectivity index (χ2v) is 10.7. The van der Waals surface area contributed by atoms with E-state index < -0.39 is 0 Å². The molecule has 0 saturated heterocycles. The topological polar surface area (TPSA) is 56.8 Å². The molecular weight excluding hydrogens is 556 g/mol. The van der Waals surface area contributed by atoms with Crippen molar-refractivity contribution >= 4 is 76.9 Å². The van der Waals surface area contributed by atoms with Crippen molar-refractivity contribution in [2.45, 2.75) is 6.92 Å². The number of para-hydroxylation sites is 1. The van der Waals surface area contributed by atoms with Gasteiger partial charge < -0.3 is 9.97 Å². The summed E-state index contributed by atoms with van der Waals surface area (Å²) in [6.45, 7) is 2.07. The Hall–Kier alpha value is -4.92. The summed E-state index contributed by atoms with van der Waals surface area (Å²) in [6, 6.07) is 29.2. The van der Waals surface area contributed by atoms with Gasteiger partial charge in [0.15, 0.2) is 0 Å². The molecule has 7 aromatic rings. The largest absolute Gasteiger partial charge is 0.360 e. The SMILES string of the molecule is C#C/C=C(/C=N\c1ccc2c(c1)c1ccccc1c1[nH]c(-c3c[nH]c4ccccc34)nc21)c1cc(Br)ccc1C. The number of aliphatic imine (C=N–C) groups is 1. The van der Waals surface area contributed by atoms with Gasteiger partial charge in [-0.3, -0.25) is 4.99 Å². The van der Waals surface area contributed by atoms with Crippen LogP contribution in [0.2, 0.25) is 0 Å². The zero-order valence-electron chi connectivity index (χ0n) is 21.7. The highest BCUT2D eigenvalue weighted by Crippen LogP contribution is 2.38. The second kappa shape index (κ2) is 9.68. The number of nitrogens with zero attached hydrogens (tertiary/aromatic N) is 2. The number of hydrogen-bond acceptors (Lipinski definition) is 2. The summed E-state index contributed by atoms with van der Waals surface area (Å²) in [5.74, 6) is 3.51. The number of rotatable bonds is 4. The van der Waals surface area contributed by atoms with Crippen molar-refractivity contribution in [3.8, 4) is 23.7 Å². The van der Waals surface area contributed by atoms with E-state index >= 15 is 0 Å². The molecule has 0 radical (unpaired) electrons. The highest BCUT2D eigenvalue weighted by atomic mass is 79.9. The molecule has 5 heteroatoms. The van der Waals surface area contributed by atoms with Gasteiger partial charge >= 0.3 is 0 Å². The predicted molar refractivity (Wildman–Crippen MR) is 172 cm³/mol. The number of aromatic nitrogens is 3. The van der Waals surface area contributed by atoms with Crippen molar-refractivity contribution in [2.75, 3.05) is 0 Å². The summed E-state index contributed by atoms with van der Waals surface area (Å²) in [4.78, 5) is 17.0. The monoisotopic (exact) mass is 578 g/mol. The number of hydrogen-bond donors (Lipinski definition) is 2. The van der Waals surface area contributed by atoms with E-state index in [1.54, 1.807) is 6.08 Å². The molecule has 40 heavy (non-hydrogen) atoms. The third kappa shape index (κ3) is 4.02. The lowest BCUT2D eigenvalue weighted by Gasteiger charge is -2.08. The summed E-state index contributed by atoms with van der Waals surface area (Å²) < 4.78 is 0.997. The lowest BCUT2D eigenvalue weighted by molar-refractivity contribution is 1.34. The third-order valence-corrected chi connectivity index (χ3v) is 7.89. The number of fused-ring (bicyclic) bond motifs is 7. The van der Waals surface area contributed by atoms with Crippen LogP contribution in [0.1, 0.15) is 11.1 Å². The molecule has 0 aliphatic heterocycles. The fraction of sp³-hybridized carbons (Fsp3) is 0.0286. The molecule has 2 heterocycles. The van der Waals surface area contributed by atoms with E-state index in [0.29, 0.717) is 0 Å². The molecule has 0 aliphatic carbocycles. The first kappa shape index (κ1) is 24.1. The first-order chi connectivity index (χ1) is 19.6. The first-order valence-electron chi connectivity index (χ1n) is 13.0. The molecule has 0 bridgehead atoms. The normalized spacial score (nSPS) is 12.3. The predicted octanol–water partition coefficient (Wildman–Crippen LogP) is 9.51. The molecule has 0 fully saturated rings. The Bertz CT molecular complexity index is 2200. The molecule has 0 unspecified atom stereocenters. The van der Waals surface area contributed by atoms with Crippen molar-refractivity contribution in [2.24, 2.45) is 4.99 Å². The van der Waals surface area contributed by atoms with Gasteiger partial charge in [-0.2, -0.15) is 0 Å². The van der Waals surface area contributed by atoms with Crippen molar-refractivity contribution < 1.29 is 0 Å². The fourth-order valence-corrected chi connectivity index (χ4v) is 5.82. The van der Waals surface area contributed by atoms with Crippen molar-refractivity contribution in [1.82, 2.24) is 15.0 Å². The van der Waals surface area contributed by atoms with E-state index in [2.05, 4.69) is 105 Å². The Kier molecular flexibility index (Phi) is 5.84. The van der Waals surface area contributed by atoms with Crippen molar-refractivity contribution in [3.05, 3.63) is 113 Å². The number of benzene rings is 5. The summed E-state index contributed by atoms with van der Waals surface area (Å²) in [5, 5.41) is 5.61. The van der Waals surface area contributed by atoms with Gasteiger partial charge in [0, 0.05) is 49.7 Å². The molecular formula is C35H23BrN4. The van der Waals surface area contributed by atoms with E-state index in [1.807, 2.05) is 30.6 Å². The van der Waals surface area contributed by atoms with Crippen LogP contribution >= 0.6 is 15.9 Å². The van der Waals surface area contributed by atoms with Crippen molar-refractivity contribution in [1.29, 1.82) is 0 Å². The zero-order chi connectivity index (χ0) is 27.2. The number of imidazole rings is 1. The van der Waals surface area contributed by atoms with Gasteiger partial charge in [0.2, 0.25) is 0 Å². The maximum absolute atomic E-state index is 5.67. The van der Waals surface area contributed by atoms with Crippen LogP contribution in [-0.2, 0) is 0 Å². The maximum atomic E-state index is 5.67. The molecule has 5 aromatic carbocycles. The number of halogens is 1. The first-order valence-corrected chi connectivity index (χ1v) is 13.8. The average Bonchev–Trinajstić information content (AvgIpc) is 3.62. The van der Waals surface area contributed by atoms with E-state index in [0.717, 1.165) is 81.7 Å². The smallest absolute Gasteiger partial charge is 0.140 e. The molecule has 0 amide bonds. The summed E-state index contributed by atoms with van der Waals surface area (Å²) >= 11 is 3.57. The molecule has 0 atom stereocenters. The van der Waals surface area contributed by atoms with E-state index in [4.69, 9.17) is 16.4 Å². The lowest BCUT2D eigenvalue weighted by atomic mass is 9.99. The van der Waals surface area contributed by atoms with Crippen LogP contribution in [0.4, 0.5) is 5.69 Å². The zero-order valence-corrected chi connectivity index (χ0v) is 23.3. The molecule has 2 N–H and O–H groups in total. The Morgan fingerprint density at radius 1 is 0.900 bits per heavy atom. The van der Waals surface area contributed by atoms with E-state index in [1.165, 1.54) is 0 Å². The third-order valence-electron chi connectivity index (χ3n) is 7.40. The van der Waals surface area contributed by atoms with Crippen LogP contribution < -0.4 is 0 Å². The number of H-pyrrole nitrogens is 2.